The summed E-state index contributed by atoms with van der Waals surface area (Å²) in [6, 6.07) is 11.7. The van der Waals surface area contributed by atoms with Crippen LogP contribution in [0.4, 0.5) is 4.79 Å². The molecular formula is C20H21BrN2O5. The summed E-state index contributed by atoms with van der Waals surface area (Å²) >= 11 is 3.32. The largest absolute Gasteiger partial charge is 0.493 e. The van der Waals surface area contributed by atoms with E-state index < -0.39 is 17.7 Å². The quantitative estimate of drug-likeness (QED) is 0.314. The number of amides is 1. The fourth-order valence-corrected chi connectivity index (χ4v) is 2.32. The number of halogens is 1. The van der Waals surface area contributed by atoms with E-state index in [1.54, 1.807) is 63.2 Å². The second-order valence-electron chi connectivity index (χ2n) is 6.68. The third-order valence-corrected chi connectivity index (χ3v) is 3.77. The molecule has 0 saturated heterocycles. The highest BCUT2D eigenvalue weighted by Crippen LogP contribution is 2.28. The fourth-order valence-electron chi connectivity index (χ4n) is 2.05. The normalized spacial score (nSPS) is 11.2. The van der Waals surface area contributed by atoms with Gasteiger partial charge in [-0.2, -0.15) is 5.10 Å². The van der Waals surface area contributed by atoms with Gasteiger partial charge in [0.25, 0.3) is 0 Å². The molecule has 0 heterocycles. The number of rotatable bonds is 5. The Morgan fingerprint density at radius 1 is 1.07 bits per heavy atom. The van der Waals surface area contributed by atoms with Crippen molar-refractivity contribution < 1.29 is 23.8 Å². The summed E-state index contributed by atoms with van der Waals surface area (Å²) in [4.78, 5) is 23.8. The first-order valence-electron chi connectivity index (χ1n) is 8.36. The first kappa shape index (κ1) is 21.4. The zero-order valence-corrected chi connectivity index (χ0v) is 17.6. The number of esters is 1. The van der Waals surface area contributed by atoms with Gasteiger partial charge in [0.05, 0.1) is 18.9 Å². The van der Waals surface area contributed by atoms with Crippen molar-refractivity contribution >= 4 is 34.2 Å². The number of hydrazone groups is 1. The minimum Gasteiger partial charge on any atom is -0.493 e. The van der Waals surface area contributed by atoms with E-state index in [0.717, 1.165) is 4.47 Å². The molecule has 0 aliphatic rings. The van der Waals surface area contributed by atoms with Gasteiger partial charge < -0.3 is 14.2 Å². The van der Waals surface area contributed by atoms with Crippen molar-refractivity contribution in [3.8, 4) is 11.5 Å². The van der Waals surface area contributed by atoms with Crippen molar-refractivity contribution in [1.29, 1.82) is 0 Å². The zero-order chi connectivity index (χ0) is 20.7. The average molecular weight is 449 g/mol. The Bertz CT molecular complexity index is 873. The summed E-state index contributed by atoms with van der Waals surface area (Å²) in [6.07, 6.45) is 0.767. The summed E-state index contributed by atoms with van der Waals surface area (Å²) in [7, 11) is 1.46. The van der Waals surface area contributed by atoms with E-state index in [1.165, 1.54) is 13.3 Å². The standard InChI is InChI=1S/C20H21BrN2O5/c1-20(2,3)28-19(25)23-22-12-13-5-10-16(17(11-13)26-4)27-18(24)14-6-8-15(21)9-7-14/h5-12H,1-4H3,(H,23,25). The summed E-state index contributed by atoms with van der Waals surface area (Å²) in [6.45, 7) is 5.28. The Labute approximate surface area is 171 Å². The smallest absolute Gasteiger partial charge is 0.428 e. The molecule has 0 bridgehead atoms. The molecule has 2 aromatic rings. The van der Waals surface area contributed by atoms with Crippen LogP contribution >= 0.6 is 15.9 Å². The SMILES string of the molecule is COc1cc(C=NNC(=O)OC(C)(C)C)ccc1OC(=O)c1ccc(Br)cc1. The van der Waals surface area contributed by atoms with E-state index in [1.807, 2.05) is 0 Å². The molecule has 0 atom stereocenters. The molecule has 0 fully saturated rings. The second kappa shape index (κ2) is 9.36. The summed E-state index contributed by atoms with van der Waals surface area (Å²) in [5, 5.41) is 3.83. The minimum absolute atomic E-state index is 0.271. The predicted molar refractivity (Wildman–Crippen MR) is 109 cm³/mol. The Morgan fingerprint density at radius 3 is 2.36 bits per heavy atom. The van der Waals surface area contributed by atoms with Gasteiger partial charge in [-0.25, -0.2) is 15.0 Å². The van der Waals surface area contributed by atoms with Crippen molar-refractivity contribution in [2.45, 2.75) is 26.4 Å². The number of hydrogen-bond donors (Lipinski definition) is 1. The first-order chi connectivity index (χ1) is 13.2. The van der Waals surface area contributed by atoms with Gasteiger partial charge in [-0.1, -0.05) is 15.9 Å². The molecule has 0 unspecified atom stereocenters. The molecule has 148 valence electrons. The molecular weight excluding hydrogens is 428 g/mol. The van der Waals surface area contributed by atoms with Gasteiger partial charge in [0, 0.05) is 4.47 Å². The first-order valence-corrected chi connectivity index (χ1v) is 9.15. The van der Waals surface area contributed by atoms with E-state index in [-0.39, 0.29) is 5.75 Å². The highest BCUT2D eigenvalue weighted by molar-refractivity contribution is 9.10. The summed E-state index contributed by atoms with van der Waals surface area (Å²) < 4.78 is 16.6. The number of nitrogens with zero attached hydrogens (tertiary/aromatic N) is 1. The molecule has 1 amide bonds. The van der Waals surface area contributed by atoms with Gasteiger partial charge in [-0.3, -0.25) is 0 Å². The zero-order valence-electron chi connectivity index (χ0n) is 16.0. The number of hydrogen-bond acceptors (Lipinski definition) is 6. The Morgan fingerprint density at radius 2 is 1.75 bits per heavy atom. The Hall–Kier alpha value is -2.87. The molecule has 7 nitrogen and oxygen atoms in total. The minimum atomic E-state index is -0.657. The molecule has 8 heteroatoms. The number of nitrogens with one attached hydrogen (secondary N) is 1. The van der Waals surface area contributed by atoms with Gasteiger partial charge in [-0.05, 0) is 68.8 Å². The maximum atomic E-state index is 12.3. The lowest BCUT2D eigenvalue weighted by Gasteiger charge is -2.18. The molecule has 28 heavy (non-hydrogen) atoms. The van der Waals surface area contributed by atoms with E-state index in [0.29, 0.717) is 16.9 Å². The van der Waals surface area contributed by atoms with Gasteiger partial charge in [0.2, 0.25) is 0 Å². The third-order valence-electron chi connectivity index (χ3n) is 3.24. The average Bonchev–Trinajstić information content (AvgIpc) is 2.61. The van der Waals surface area contributed by atoms with Crippen molar-refractivity contribution in [3.05, 3.63) is 58.1 Å². The van der Waals surface area contributed by atoms with Crippen molar-refractivity contribution in [2.75, 3.05) is 7.11 Å². The van der Waals surface area contributed by atoms with E-state index in [2.05, 4.69) is 26.5 Å². The van der Waals surface area contributed by atoms with Crippen LogP contribution in [-0.4, -0.2) is 31.0 Å². The van der Waals surface area contributed by atoms with Crippen LogP contribution in [0.2, 0.25) is 0 Å². The summed E-state index contributed by atoms with van der Waals surface area (Å²) in [5.41, 5.74) is 2.72. The number of methoxy groups -OCH3 is 1. The van der Waals surface area contributed by atoms with Gasteiger partial charge >= 0.3 is 12.1 Å². The van der Waals surface area contributed by atoms with E-state index in [4.69, 9.17) is 14.2 Å². The number of ether oxygens (including phenoxy) is 3. The molecule has 0 aliphatic heterocycles. The van der Waals surface area contributed by atoms with Crippen LogP contribution < -0.4 is 14.9 Å². The number of carbonyl (C=O) groups excluding carboxylic acids is 2. The third kappa shape index (κ3) is 6.70. The van der Waals surface area contributed by atoms with Gasteiger partial charge in [-0.15, -0.1) is 0 Å². The van der Waals surface area contributed by atoms with Crippen molar-refractivity contribution in [2.24, 2.45) is 5.10 Å². The highest BCUT2D eigenvalue weighted by Gasteiger charge is 2.15. The van der Waals surface area contributed by atoms with Gasteiger partial charge in [0.15, 0.2) is 11.5 Å². The lowest BCUT2D eigenvalue weighted by molar-refractivity contribution is 0.0529. The summed E-state index contributed by atoms with van der Waals surface area (Å²) in [5.74, 6) is 0.123. The van der Waals surface area contributed by atoms with Crippen LogP contribution in [0, 0.1) is 0 Å². The van der Waals surface area contributed by atoms with Crippen LogP contribution in [-0.2, 0) is 4.74 Å². The maximum absolute atomic E-state index is 12.3. The second-order valence-corrected chi connectivity index (χ2v) is 7.59. The van der Waals surface area contributed by atoms with Gasteiger partial charge in [0.1, 0.15) is 5.60 Å². The molecule has 0 spiro atoms. The number of benzene rings is 2. The van der Waals surface area contributed by atoms with Crippen LogP contribution in [0.3, 0.4) is 0 Å². The van der Waals surface area contributed by atoms with Crippen molar-refractivity contribution in [1.82, 2.24) is 5.43 Å². The maximum Gasteiger partial charge on any atom is 0.428 e. The monoisotopic (exact) mass is 448 g/mol. The van der Waals surface area contributed by atoms with E-state index >= 15 is 0 Å². The lowest BCUT2D eigenvalue weighted by atomic mass is 10.2. The van der Waals surface area contributed by atoms with Crippen molar-refractivity contribution in [3.63, 3.8) is 0 Å². The molecule has 1 N–H and O–H groups in total. The van der Waals surface area contributed by atoms with Crippen LogP contribution in [0.25, 0.3) is 0 Å². The molecule has 2 rings (SSSR count). The highest BCUT2D eigenvalue weighted by atomic mass is 79.9. The van der Waals surface area contributed by atoms with Crippen LogP contribution in [0.1, 0.15) is 36.7 Å². The molecule has 0 aromatic heterocycles. The predicted octanol–water partition coefficient (Wildman–Crippen LogP) is 4.54. The molecule has 0 radical (unpaired) electrons. The topological polar surface area (TPSA) is 86.2 Å². The Kier molecular flexibility index (Phi) is 7.17. The lowest BCUT2D eigenvalue weighted by Crippen LogP contribution is -2.29. The van der Waals surface area contributed by atoms with Crippen LogP contribution in [0.15, 0.2) is 52.0 Å². The molecule has 2 aromatic carbocycles. The Balaban J connectivity index is 2.05. The van der Waals surface area contributed by atoms with Crippen LogP contribution in [0.5, 0.6) is 11.5 Å². The number of carbonyl (C=O) groups is 2. The van der Waals surface area contributed by atoms with E-state index in [9.17, 15) is 9.59 Å². The molecule has 0 aliphatic carbocycles. The molecule has 0 saturated carbocycles. The fraction of sp³-hybridized carbons (Fsp3) is 0.250.